The van der Waals surface area contributed by atoms with Crippen molar-refractivity contribution < 1.29 is 4.74 Å². The van der Waals surface area contributed by atoms with Crippen LogP contribution in [0.2, 0.25) is 0 Å². The second-order valence-electron chi connectivity index (χ2n) is 5.40. The van der Waals surface area contributed by atoms with E-state index in [1.165, 1.54) is 36.0 Å². The van der Waals surface area contributed by atoms with Gasteiger partial charge in [-0.15, -0.1) is 10.2 Å². The van der Waals surface area contributed by atoms with Crippen LogP contribution in [-0.2, 0) is 29.9 Å². The molecule has 5 heteroatoms. The summed E-state index contributed by atoms with van der Waals surface area (Å²) in [7, 11) is 1.73. The first-order valence-corrected chi connectivity index (χ1v) is 8.45. The van der Waals surface area contributed by atoms with Gasteiger partial charge in [0.15, 0.2) is 5.16 Å². The average molecular weight is 303 g/mol. The molecule has 1 aromatic heterocycles. The number of aromatic nitrogens is 3. The summed E-state index contributed by atoms with van der Waals surface area (Å²) in [6.07, 6.45) is 6.58. The van der Waals surface area contributed by atoms with Gasteiger partial charge in [-0.05, 0) is 42.4 Å². The van der Waals surface area contributed by atoms with Crippen LogP contribution < -0.4 is 0 Å². The Kier molecular flexibility index (Phi) is 4.93. The van der Waals surface area contributed by atoms with Gasteiger partial charge in [0, 0.05) is 26.0 Å². The molecule has 1 aliphatic rings. The molecule has 1 heterocycles. The summed E-state index contributed by atoms with van der Waals surface area (Å²) in [6.45, 7) is 1.68. The first kappa shape index (κ1) is 14.6. The van der Waals surface area contributed by atoms with Crippen molar-refractivity contribution in [2.75, 3.05) is 13.7 Å². The topological polar surface area (TPSA) is 39.9 Å². The van der Waals surface area contributed by atoms with E-state index in [4.69, 9.17) is 4.74 Å². The first-order chi connectivity index (χ1) is 10.4. The van der Waals surface area contributed by atoms with E-state index < -0.39 is 0 Å². The number of methoxy groups -OCH3 is 1. The predicted molar refractivity (Wildman–Crippen MR) is 84.5 cm³/mol. The highest BCUT2D eigenvalue weighted by atomic mass is 32.2. The highest BCUT2D eigenvalue weighted by Gasteiger charge is 2.11. The minimum Gasteiger partial charge on any atom is -0.385 e. The largest absolute Gasteiger partial charge is 0.385 e. The van der Waals surface area contributed by atoms with Gasteiger partial charge in [-0.2, -0.15) is 0 Å². The van der Waals surface area contributed by atoms with Crippen LogP contribution in [-0.4, -0.2) is 28.5 Å². The summed E-state index contributed by atoms with van der Waals surface area (Å²) in [6, 6.07) is 6.91. The molecule has 0 aliphatic heterocycles. The lowest BCUT2D eigenvalue weighted by molar-refractivity contribution is 0.189. The van der Waals surface area contributed by atoms with Gasteiger partial charge in [0.25, 0.3) is 0 Å². The molecule has 3 rings (SSSR count). The normalized spacial score (nSPS) is 13.6. The first-order valence-electron chi connectivity index (χ1n) is 7.47. The van der Waals surface area contributed by atoms with Crippen molar-refractivity contribution in [3.05, 3.63) is 41.2 Å². The van der Waals surface area contributed by atoms with Gasteiger partial charge in [0.2, 0.25) is 0 Å². The molecule has 0 fully saturated rings. The SMILES string of the molecule is COCCCn1cnnc1SCc1ccc2c(c1)CCC2. The van der Waals surface area contributed by atoms with E-state index in [0.717, 1.165) is 30.5 Å². The second kappa shape index (κ2) is 7.09. The van der Waals surface area contributed by atoms with Crippen LogP contribution in [0, 0.1) is 0 Å². The summed E-state index contributed by atoms with van der Waals surface area (Å²) in [5, 5.41) is 9.23. The van der Waals surface area contributed by atoms with Gasteiger partial charge >= 0.3 is 0 Å². The molecule has 1 aliphatic carbocycles. The molecule has 0 bridgehead atoms. The second-order valence-corrected chi connectivity index (χ2v) is 6.34. The standard InChI is InChI=1S/C16H21N3OS/c1-20-9-3-8-19-12-17-18-16(19)21-11-13-6-7-14-4-2-5-15(14)10-13/h6-7,10,12H,2-5,8-9,11H2,1H3. The molecule has 0 N–H and O–H groups in total. The Hall–Kier alpha value is -1.33. The molecule has 0 unspecified atom stereocenters. The minimum absolute atomic E-state index is 0.771. The van der Waals surface area contributed by atoms with Gasteiger partial charge < -0.3 is 9.30 Å². The van der Waals surface area contributed by atoms with Crippen molar-refractivity contribution in [1.82, 2.24) is 14.8 Å². The van der Waals surface area contributed by atoms with E-state index in [1.807, 2.05) is 0 Å². The summed E-state index contributed by atoms with van der Waals surface area (Å²) in [5.74, 6) is 0.955. The third kappa shape index (κ3) is 3.66. The number of hydrogen-bond donors (Lipinski definition) is 0. The van der Waals surface area contributed by atoms with Crippen LogP contribution in [0.3, 0.4) is 0 Å². The summed E-state index contributed by atoms with van der Waals surface area (Å²) in [4.78, 5) is 0. The van der Waals surface area contributed by atoms with Gasteiger partial charge in [0.05, 0.1) is 0 Å². The van der Waals surface area contributed by atoms with E-state index in [0.29, 0.717) is 0 Å². The number of thioether (sulfide) groups is 1. The fourth-order valence-corrected chi connectivity index (χ4v) is 3.64. The Bertz CT molecular complexity index is 597. The smallest absolute Gasteiger partial charge is 0.191 e. The van der Waals surface area contributed by atoms with Gasteiger partial charge in [0.1, 0.15) is 6.33 Å². The third-order valence-corrected chi connectivity index (χ3v) is 4.91. The Morgan fingerprint density at radius 2 is 2.19 bits per heavy atom. The van der Waals surface area contributed by atoms with E-state index in [-0.39, 0.29) is 0 Å². The number of aryl methyl sites for hydroxylation is 3. The maximum Gasteiger partial charge on any atom is 0.191 e. The van der Waals surface area contributed by atoms with Crippen LogP contribution in [0.25, 0.3) is 0 Å². The van der Waals surface area contributed by atoms with Gasteiger partial charge in [-0.25, -0.2) is 0 Å². The van der Waals surface area contributed by atoms with Crippen LogP contribution in [0.5, 0.6) is 0 Å². The molecule has 21 heavy (non-hydrogen) atoms. The number of hydrogen-bond acceptors (Lipinski definition) is 4. The predicted octanol–water partition coefficient (Wildman–Crippen LogP) is 3.10. The molecule has 0 spiro atoms. The lowest BCUT2D eigenvalue weighted by Gasteiger charge is -2.07. The number of fused-ring (bicyclic) bond motifs is 1. The van der Waals surface area contributed by atoms with Crippen LogP contribution in [0.1, 0.15) is 29.5 Å². The van der Waals surface area contributed by atoms with Crippen LogP contribution >= 0.6 is 11.8 Å². The molecule has 112 valence electrons. The van der Waals surface area contributed by atoms with Crippen LogP contribution in [0.4, 0.5) is 0 Å². The van der Waals surface area contributed by atoms with Crippen molar-refractivity contribution in [3.8, 4) is 0 Å². The highest BCUT2D eigenvalue weighted by molar-refractivity contribution is 7.98. The molecule has 0 amide bonds. The van der Waals surface area contributed by atoms with E-state index >= 15 is 0 Å². The Balaban J connectivity index is 1.59. The molecular weight excluding hydrogens is 282 g/mol. The molecular formula is C16H21N3OS. The summed E-state index contributed by atoms with van der Waals surface area (Å²) >= 11 is 1.76. The zero-order valence-corrected chi connectivity index (χ0v) is 13.2. The zero-order chi connectivity index (χ0) is 14.5. The Morgan fingerprint density at radius 1 is 1.29 bits per heavy atom. The number of nitrogens with zero attached hydrogens (tertiary/aromatic N) is 3. The fourth-order valence-electron chi connectivity index (χ4n) is 2.75. The van der Waals surface area contributed by atoms with Gasteiger partial charge in [-0.1, -0.05) is 30.0 Å². The number of benzene rings is 1. The maximum absolute atomic E-state index is 5.09. The van der Waals surface area contributed by atoms with E-state index in [9.17, 15) is 0 Å². The lowest BCUT2D eigenvalue weighted by Crippen LogP contribution is -2.02. The zero-order valence-electron chi connectivity index (χ0n) is 12.4. The quantitative estimate of drug-likeness (QED) is 0.582. The van der Waals surface area contributed by atoms with E-state index in [1.54, 1.807) is 25.2 Å². The van der Waals surface area contributed by atoms with E-state index in [2.05, 4.69) is 33.0 Å². The Morgan fingerprint density at radius 3 is 3.10 bits per heavy atom. The number of rotatable bonds is 7. The Labute approximate surface area is 129 Å². The molecule has 0 atom stereocenters. The molecule has 0 radical (unpaired) electrons. The fraction of sp³-hybridized carbons (Fsp3) is 0.500. The maximum atomic E-state index is 5.09. The van der Waals surface area contributed by atoms with Crippen molar-refractivity contribution >= 4 is 11.8 Å². The molecule has 1 aromatic carbocycles. The van der Waals surface area contributed by atoms with Crippen molar-refractivity contribution in [3.63, 3.8) is 0 Å². The van der Waals surface area contributed by atoms with Crippen molar-refractivity contribution in [2.45, 2.75) is 43.1 Å². The van der Waals surface area contributed by atoms with Crippen LogP contribution in [0.15, 0.2) is 29.7 Å². The molecule has 0 saturated heterocycles. The van der Waals surface area contributed by atoms with Crippen molar-refractivity contribution in [2.24, 2.45) is 0 Å². The highest BCUT2D eigenvalue weighted by Crippen LogP contribution is 2.26. The monoisotopic (exact) mass is 303 g/mol. The third-order valence-electron chi connectivity index (χ3n) is 3.86. The molecule has 0 saturated carbocycles. The average Bonchev–Trinajstić information content (AvgIpc) is 3.13. The number of ether oxygens (including phenoxy) is 1. The summed E-state index contributed by atoms with van der Waals surface area (Å²) in [5.41, 5.74) is 4.45. The molecule has 4 nitrogen and oxygen atoms in total. The van der Waals surface area contributed by atoms with Gasteiger partial charge in [-0.3, -0.25) is 0 Å². The lowest BCUT2D eigenvalue weighted by atomic mass is 10.1. The van der Waals surface area contributed by atoms with Crippen molar-refractivity contribution in [1.29, 1.82) is 0 Å². The summed E-state index contributed by atoms with van der Waals surface area (Å²) < 4.78 is 7.20. The minimum atomic E-state index is 0.771. The molecule has 2 aromatic rings.